The summed E-state index contributed by atoms with van der Waals surface area (Å²) >= 11 is 0. The van der Waals surface area contributed by atoms with Gasteiger partial charge in [0.1, 0.15) is 5.82 Å². The molecular weight excluding hydrogens is 242 g/mol. The van der Waals surface area contributed by atoms with Gasteiger partial charge in [-0.25, -0.2) is 9.78 Å². The molecule has 5 heteroatoms. The topological polar surface area (TPSA) is 67.2 Å². The fourth-order valence-corrected chi connectivity index (χ4v) is 1.90. The van der Waals surface area contributed by atoms with Crippen LogP contribution in [0.3, 0.4) is 0 Å². The Balaban J connectivity index is 2.04. The molecule has 1 heterocycles. The zero-order valence-corrected chi connectivity index (χ0v) is 10.8. The van der Waals surface area contributed by atoms with Gasteiger partial charge in [-0.1, -0.05) is 13.0 Å². The average Bonchev–Trinajstić information content (AvgIpc) is 2.85. The van der Waals surface area contributed by atoms with Crippen LogP contribution in [0.4, 0.5) is 5.69 Å². The van der Waals surface area contributed by atoms with Crippen molar-refractivity contribution in [1.82, 2.24) is 9.55 Å². The lowest BCUT2D eigenvalue weighted by molar-refractivity contribution is 0.0697. The van der Waals surface area contributed by atoms with Crippen molar-refractivity contribution >= 4 is 11.7 Å². The van der Waals surface area contributed by atoms with Crippen molar-refractivity contribution < 1.29 is 9.90 Å². The second-order valence-corrected chi connectivity index (χ2v) is 4.28. The molecule has 0 bridgehead atoms. The molecule has 0 fully saturated rings. The average molecular weight is 259 g/mol. The summed E-state index contributed by atoms with van der Waals surface area (Å²) in [7, 11) is 0. The van der Waals surface area contributed by atoms with Crippen molar-refractivity contribution in [2.45, 2.75) is 26.4 Å². The highest BCUT2D eigenvalue weighted by Gasteiger charge is 2.05. The molecule has 0 unspecified atom stereocenters. The van der Waals surface area contributed by atoms with Crippen LogP contribution >= 0.6 is 0 Å². The van der Waals surface area contributed by atoms with Crippen LogP contribution in [0.2, 0.25) is 0 Å². The summed E-state index contributed by atoms with van der Waals surface area (Å²) in [6.07, 6.45) is 4.78. The first-order valence-electron chi connectivity index (χ1n) is 6.28. The van der Waals surface area contributed by atoms with E-state index >= 15 is 0 Å². The van der Waals surface area contributed by atoms with Gasteiger partial charge in [-0.05, 0) is 24.6 Å². The predicted molar refractivity (Wildman–Crippen MR) is 73.2 cm³/mol. The van der Waals surface area contributed by atoms with Crippen molar-refractivity contribution in [2.75, 3.05) is 5.32 Å². The molecule has 0 radical (unpaired) electrons. The molecule has 5 nitrogen and oxygen atoms in total. The first-order valence-corrected chi connectivity index (χ1v) is 6.28. The number of benzene rings is 1. The number of rotatable bonds is 6. The summed E-state index contributed by atoms with van der Waals surface area (Å²) in [6.45, 7) is 3.63. The number of hydrogen-bond donors (Lipinski definition) is 2. The first-order chi connectivity index (χ1) is 9.20. The molecule has 2 N–H and O–H groups in total. The van der Waals surface area contributed by atoms with Crippen molar-refractivity contribution in [3.63, 3.8) is 0 Å². The molecule has 2 aromatic rings. The van der Waals surface area contributed by atoms with Gasteiger partial charge < -0.3 is 15.0 Å². The molecular formula is C14H17N3O2. The van der Waals surface area contributed by atoms with E-state index in [1.807, 2.05) is 12.3 Å². The highest BCUT2D eigenvalue weighted by molar-refractivity contribution is 5.88. The minimum Gasteiger partial charge on any atom is -0.478 e. The van der Waals surface area contributed by atoms with Gasteiger partial charge in [0.2, 0.25) is 0 Å². The number of hydrogen-bond acceptors (Lipinski definition) is 3. The standard InChI is InChI=1S/C14H17N3O2/c1-2-7-17-8-6-15-13(17)10-16-12-5-3-4-11(9-12)14(18)19/h3-6,8-9,16H,2,7,10H2,1H3,(H,18,19). The van der Waals surface area contributed by atoms with Gasteiger partial charge >= 0.3 is 5.97 Å². The van der Waals surface area contributed by atoms with E-state index in [1.165, 1.54) is 0 Å². The molecule has 0 aliphatic carbocycles. The van der Waals surface area contributed by atoms with Gasteiger partial charge in [-0.3, -0.25) is 0 Å². The molecule has 0 aliphatic heterocycles. The summed E-state index contributed by atoms with van der Waals surface area (Å²) < 4.78 is 2.09. The van der Waals surface area contributed by atoms with Crippen LogP contribution in [0.1, 0.15) is 29.5 Å². The third-order valence-electron chi connectivity index (χ3n) is 2.83. The minimum absolute atomic E-state index is 0.280. The number of carbonyl (C=O) groups is 1. The van der Waals surface area contributed by atoms with E-state index in [-0.39, 0.29) is 5.56 Å². The van der Waals surface area contributed by atoms with Crippen molar-refractivity contribution in [3.05, 3.63) is 48.0 Å². The van der Waals surface area contributed by atoms with Gasteiger partial charge in [-0.15, -0.1) is 0 Å². The van der Waals surface area contributed by atoms with Crippen LogP contribution in [0.5, 0.6) is 0 Å². The van der Waals surface area contributed by atoms with Gasteiger partial charge in [-0.2, -0.15) is 0 Å². The van der Waals surface area contributed by atoms with E-state index in [0.29, 0.717) is 6.54 Å². The fourth-order valence-electron chi connectivity index (χ4n) is 1.90. The van der Waals surface area contributed by atoms with Crippen molar-refractivity contribution in [3.8, 4) is 0 Å². The first kappa shape index (κ1) is 13.1. The third kappa shape index (κ3) is 3.34. The lowest BCUT2D eigenvalue weighted by Crippen LogP contribution is -2.08. The maximum absolute atomic E-state index is 10.9. The van der Waals surface area contributed by atoms with Crippen molar-refractivity contribution in [2.24, 2.45) is 0 Å². The Bertz CT molecular complexity index is 563. The van der Waals surface area contributed by atoms with Crippen LogP contribution in [-0.4, -0.2) is 20.6 Å². The van der Waals surface area contributed by atoms with Crippen LogP contribution in [0.25, 0.3) is 0 Å². The molecule has 19 heavy (non-hydrogen) atoms. The van der Waals surface area contributed by atoms with Gasteiger partial charge in [0.25, 0.3) is 0 Å². The summed E-state index contributed by atoms with van der Waals surface area (Å²) in [5, 5.41) is 12.1. The monoisotopic (exact) mass is 259 g/mol. The highest BCUT2D eigenvalue weighted by Crippen LogP contribution is 2.12. The second-order valence-electron chi connectivity index (χ2n) is 4.28. The van der Waals surface area contributed by atoms with Crippen LogP contribution in [0.15, 0.2) is 36.7 Å². The van der Waals surface area contributed by atoms with E-state index in [2.05, 4.69) is 21.8 Å². The van der Waals surface area contributed by atoms with Gasteiger partial charge in [0, 0.05) is 24.6 Å². The number of aromatic nitrogens is 2. The van der Waals surface area contributed by atoms with Gasteiger partial charge in [0.15, 0.2) is 0 Å². The zero-order chi connectivity index (χ0) is 13.7. The maximum Gasteiger partial charge on any atom is 0.335 e. The molecule has 0 aliphatic rings. The SMILES string of the molecule is CCCn1ccnc1CNc1cccc(C(=O)O)c1. The van der Waals surface area contributed by atoms with Crippen LogP contribution in [0, 0.1) is 0 Å². The Hall–Kier alpha value is -2.30. The molecule has 0 spiro atoms. The number of aromatic carboxylic acids is 1. The Morgan fingerprint density at radius 1 is 1.47 bits per heavy atom. The zero-order valence-electron chi connectivity index (χ0n) is 10.8. The number of nitrogens with zero attached hydrogens (tertiary/aromatic N) is 2. The van der Waals surface area contributed by atoms with Gasteiger partial charge in [0.05, 0.1) is 12.1 Å². The maximum atomic E-state index is 10.9. The summed E-state index contributed by atoms with van der Waals surface area (Å²) in [4.78, 5) is 15.2. The number of carboxylic acid groups (broad SMARTS) is 1. The number of imidazole rings is 1. The van der Waals surface area contributed by atoms with Crippen LogP contribution < -0.4 is 5.32 Å². The number of nitrogens with one attached hydrogen (secondary N) is 1. The Morgan fingerprint density at radius 2 is 2.32 bits per heavy atom. The predicted octanol–water partition coefficient (Wildman–Crippen LogP) is 2.60. The molecule has 1 aromatic heterocycles. The normalized spacial score (nSPS) is 10.4. The van der Waals surface area contributed by atoms with E-state index < -0.39 is 5.97 Å². The Kier molecular flexibility index (Phi) is 4.18. The largest absolute Gasteiger partial charge is 0.478 e. The molecule has 0 amide bonds. The summed E-state index contributed by atoms with van der Waals surface area (Å²) in [5.74, 6) is 0.0266. The van der Waals surface area contributed by atoms with Crippen molar-refractivity contribution in [1.29, 1.82) is 0 Å². The lowest BCUT2D eigenvalue weighted by Gasteiger charge is -2.09. The molecule has 100 valence electrons. The highest BCUT2D eigenvalue weighted by atomic mass is 16.4. The molecule has 0 saturated carbocycles. The smallest absolute Gasteiger partial charge is 0.335 e. The summed E-state index contributed by atoms with van der Waals surface area (Å²) in [5.41, 5.74) is 1.06. The van der Waals surface area contributed by atoms with E-state index in [4.69, 9.17) is 5.11 Å². The van der Waals surface area contributed by atoms with E-state index in [9.17, 15) is 4.79 Å². The van der Waals surface area contributed by atoms with E-state index in [0.717, 1.165) is 24.5 Å². The molecule has 2 rings (SSSR count). The number of aryl methyl sites for hydroxylation is 1. The number of anilines is 1. The van der Waals surface area contributed by atoms with Crippen LogP contribution in [-0.2, 0) is 13.1 Å². The Morgan fingerprint density at radius 3 is 3.05 bits per heavy atom. The minimum atomic E-state index is -0.920. The molecule has 0 saturated heterocycles. The Labute approximate surface area is 111 Å². The summed E-state index contributed by atoms with van der Waals surface area (Å²) in [6, 6.07) is 6.77. The molecule has 0 atom stereocenters. The van der Waals surface area contributed by atoms with E-state index in [1.54, 1.807) is 24.4 Å². The third-order valence-corrected chi connectivity index (χ3v) is 2.83. The lowest BCUT2D eigenvalue weighted by atomic mass is 10.2. The second kappa shape index (κ2) is 6.04. The molecule has 1 aromatic carbocycles. The quantitative estimate of drug-likeness (QED) is 0.836. The fraction of sp³-hybridized carbons (Fsp3) is 0.286. The number of carboxylic acids is 1.